The molecule has 1 aliphatic rings. The molecule has 0 spiro atoms. The van der Waals surface area contributed by atoms with Gasteiger partial charge in [0.1, 0.15) is 5.60 Å². The van der Waals surface area contributed by atoms with Crippen molar-refractivity contribution in [2.24, 2.45) is 5.92 Å². The van der Waals surface area contributed by atoms with Crippen LogP contribution < -0.4 is 5.32 Å². The third kappa shape index (κ3) is 5.83. The van der Waals surface area contributed by atoms with Crippen molar-refractivity contribution in [3.8, 4) is 0 Å². The first kappa shape index (κ1) is 19.4. The summed E-state index contributed by atoms with van der Waals surface area (Å²) in [6, 6.07) is 5.49. The van der Waals surface area contributed by atoms with Crippen molar-refractivity contribution in [1.82, 2.24) is 4.90 Å². The average molecular weight is 358 g/mol. The third-order valence-corrected chi connectivity index (χ3v) is 4.08. The molecular formula is C18H25F3N2O2. The largest absolute Gasteiger partial charge is 0.444 e. The van der Waals surface area contributed by atoms with Gasteiger partial charge in [0.2, 0.25) is 0 Å². The molecule has 0 aliphatic carbocycles. The molecule has 2 rings (SSSR count). The van der Waals surface area contributed by atoms with Crippen LogP contribution in [0.25, 0.3) is 0 Å². The smallest absolute Gasteiger partial charge is 0.418 e. The number of nitrogens with one attached hydrogen (secondary N) is 1. The van der Waals surface area contributed by atoms with E-state index < -0.39 is 17.3 Å². The summed E-state index contributed by atoms with van der Waals surface area (Å²) >= 11 is 0. The highest BCUT2D eigenvalue weighted by Crippen LogP contribution is 2.34. The topological polar surface area (TPSA) is 41.6 Å². The first-order valence-electron chi connectivity index (χ1n) is 8.44. The van der Waals surface area contributed by atoms with Gasteiger partial charge in [-0.2, -0.15) is 13.2 Å². The number of amides is 1. The van der Waals surface area contributed by atoms with Crippen LogP contribution in [0.3, 0.4) is 0 Å². The molecule has 0 radical (unpaired) electrons. The van der Waals surface area contributed by atoms with Gasteiger partial charge in [0, 0.05) is 25.3 Å². The van der Waals surface area contributed by atoms with Gasteiger partial charge >= 0.3 is 12.3 Å². The van der Waals surface area contributed by atoms with Crippen LogP contribution in [0.15, 0.2) is 24.3 Å². The first-order valence-corrected chi connectivity index (χ1v) is 8.44. The van der Waals surface area contributed by atoms with E-state index in [0.29, 0.717) is 19.6 Å². The number of hydrogen-bond acceptors (Lipinski definition) is 3. The lowest BCUT2D eigenvalue weighted by atomic mass is 9.97. The molecule has 1 aromatic rings. The molecule has 7 heteroatoms. The second-order valence-corrected chi connectivity index (χ2v) is 7.34. The summed E-state index contributed by atoms with van der Waals surface area (Å²) in [5.41, 5.74) is -1.08. The van der Waals surface area contributed by atoms with Crippen LogP contribution in [-0.4, -0.2) is 36.2 Å². The fourth-order valence-electron chi connectivity index (χ4n) is 2.78. The minimum absolute atomic E-state index is 0.101. The van der Waals surface area contributed by atoms with Crippen molar-refractivity contribution in [3.05, 3.63) is 29.8 Å². The molecule has 1 aromatic carbocycles. The summed E-state index contributed by atoms with van der Waals surface area (Å²) in [6.45, 7) is 7.03. The van der Waals surface area contributed by atoms with Crippen molar-refractivity contribution >= 4 is 11.8 Å². The second-order valence-electron chi connectivity index (χ2n) is 7.34. The van der Waals surface area contributed by atoms with Gasteiger partial charge in [-0.25, -0.2) is 4.79 Å². The third-order valence-electron chi connectivity index (χ3n) is 4.08. The monoisotopic (exact) mass is 358 g/mol. The Balaban J connectivity index is 1.85. The van der Waals surface area contributed by atoms with E-state index >= 15 is 0 Å². The maximum absolute atomic E-state index is 13.0. The van der Waals surface area contributed by atoms with Crippen LogP contribution in [0.1, 0.15) is 39.2 Å². The van der Waals surface area contributed by atoms with Crippen molar-refractivity contribution in [2.75, 3.05) is 25.0 Å². The zero-order chi connectivity index (χ0) is 18.7. The maximum atomic E-state index is 13.0. The number of halogens is 3. The molecular weight excluding hydrogens is 333 g/mol. The number of carbonyl (C=O) groups is 1. The Bertz CT molecular complexity index is 589. The molecule has 4 nitrogen and oxygen atoms in total. The predicted molar refractivity (Wildman–Crippen MR) is 90.5 cm³/mol. The first-order chi connectivity index (χ1) is 11.6. The van der Waals surface area contributed by atoms with E-state index in [0.717, 1.165) is 18.9 Å². The van der Waals surface area contributed by atoms with Gasteiger partial charge in [-0.05, 0) is 51.7 Å². The molecule has 0 atom stereocenters. The number of hydrogen-bond donors (Lipinski definition) is 1. The number of carbonyl (C=O) groups excluding carboxylic acids is 1. The van der Waals surface area contributed by atoms with Crippen LogP contribution in [0.5, 0.6) is 0 Å². The molecule has 1 heterocycles. The van der Waals surface area contributed by atoms with Crippen molar-refractivity contribution < 1.29 is 22.7 Å². The molecule has 1 fully saturated rings. The molecule has 1 amide bonds. The normalized spacial score (nSPS) is 16.6. The van der Waals surface area contributed by atoms with Gasteiger partial charge in [-0.15, -0.1) is 0 Å². The summed E-state index contributed by atoms with van der Waals surface area (Å²) in [5.74, 6) is 0.222. The van der Waals surface area contributed by atoms with Gasteiger partial charge in [-0.1, -0.05) is 12.1 Å². The van der Waals surface area contributed by atoms with E-state index in [4.69, 9.17) is 4.74 Å². The summed E-state index contributed by atoms with van der Waals surface area (Å²) in [4.78, 5) is 13.7. The van der Waals surface area contributed by atoms with E-state index in [9.17, 15) is 18.0 Å². The molecule has 1 aliphatic heterocycles. The molecule has 1 N–H and O–H groups in total. The fourth-order valence-corrected chi connectivity index (χ4v) is 2.78. The summed E-state index contributed by atoms with van der Waals surface area (Å²) in [5, 5.41) is 2.92. The Labute approximate surface area is 146 Å². The van der Waals surface area contributed by atoms with Gasteiger partial charge in [0.25, 0.3) is 0 Å². The molecule has 0 unspecified atom stereocenters. The van der Waals surface area contributed by atoms with Crippen LogP contribution >= 0.6 is 0 Å². The second kappa shape index (κ2) is 7.54. The number of ether oxygens (including phenoxy) is 1. The lowest BCUT2D eigenvalue weighted by Crippen LogP contribution is -2.42. The van der Waals surface area contributed by atoms with Crippen molar-refractivity contribution in [3.63, 3.8) is 0 Å². The standard InChI is InChI=1S/C18H25F3N2O2/c1-17(2,3)25-16(24)23-10-8-13(9-11-23)12-22-15-7-5-4-6-14(15)18(19,20)21/h4-7,13,22H,8-12H2,1-3H3. The molecule has 0 saturated carbocycles. The Hall–Kier alpha value is -1.92. The van der Waals surface area contributed by atoms with Crippen LogP contribution in [-0.2, 0) is 10.9 Å². The number of nitrogens with zero attached hydrogens (tertiary/aromatic N) is 1. The van der Waals surface area contributed by atoms with E-state index in [-0.39, 0.29) is 17.7 Å². The van der Waals surface area contributed by atoms with E-state index in [2.05, 4.69) is 5.32 Å². The highest BCUT2D eigenvalue weighted by atomic mass is 19.4. The number of benzene rings is 1. The van der Waals surface area contributed by atoms with Gasteiger partial charge in [0.15, 0.2) is 0 Å². The lowest BCUT2D eigenvalue weighted by Gasteiger charge is -2.33. The minimum Gasteiger partial charge on any atom is -0.444 e. The van der Waals surface area contributed by atoms with Gasteiger partial charge < -0.3 is 15.0 Å². The number of alkyl halides is 3. The van der Waals surface area contributed by atoms with Crippen molar-refractivity contribution in [2.45, 2.75) is 45.4 Å². The zero-order valence-electron chi connectivity index (χ0n) is 14.8. The van der Waals surface area contributed by atoms with Crippen LogP contribution in [0.4, 0.5) is 23.7 Å². The Morgan fingerprint density at radius 1 is 1.20 bits per heavy atom. The summed E-state index contributed by atoms with van der Waals surface area (Å²) in [7, 11) is 0. The Morgan fingerprint density at radius 2 is 1.80 bits per heavy atom. The lowest BCUT2D eigenvalue weighted by molar-refractivity contribution is -0.137. The summed E-state index contributed by atoms with van der Waals surface area (Å²) in [6.07, 6.45) is -3.23. The number of anilines is 1. The number of para-hydroxylation sites is 1. The maximum Gasteiger partial charge on any atom is 0.418 e. The fraction of sp³-hybridized carbons (Fsp3) is 0.611. The highest BCUT2D eigenvalue weighted by Gasteiger charge is 2.33. The Morgan fingerprint density at radius 3 is 2.36 bits per heavy atom. The van der Waals surface area contributed by atoms with Gasteiger partial charge in [-0.3, -0.25) is 0 Å². The minimum atomic E-state index is -4.37. The predicted octanol–water partition coefficient (Wildman–Crippen LogP) is 4.76. The average Bonchev–Trinajstić information content (AvgIpc) is 2.51. The number of rotatable bonds is 3. The number of piperidine rings is 1. The molecule has 1 saturated heterocycles. The molecule has 0 bridgehead atoms. The zero-order valence-corrected chi connectivity index (χ0v) is 14.8. The van der Waals surface area contributed by atoms with Gasteiger partial charge in [0.05, 0.1) is 5.56 Å². The van der Waals surface area contributed by atoms with Crippen LogP contribution in [0, 0.1) is 5.92 Å². The van der Waals surface area contributed by atoms with Crippen LogP contribution in [0.2, 0.25) is 0 Å². The highest BCUT2D eigenvalue weighted by molar-refractivity contribution is 5.68. The SMILES string of the molecule is CC(C)(C)OC(=O)N1CCC(CNc2ccccc2C(F)(F)F)CC1. The molecule has 0 aromatic heterocycles. The molecule has 25 heavy (non-hydrogen) atoms. The molecule has 140 valence electrons. The Kier molecular flexibility index (Phi) is 5.85. The van der Waals surface area contributed by atoms with E-state index in [1.807, 2.05) is 20.8 Å². The summed E-state index contributed by atoms with van der Waals surface area (Å²) < 4.78 is 44.3. The van der Waals surface area contributed by atoms with Crippen molar-refractivity contribution in [1.29, 1.82) is 0 Å². The van der Waals surface area contributed by atoms with E-state index in [1.165, 1.54) is 12.1 Å². The van der Waals surface area contributed by atoms with E-state index in [1.54, 1.807) is 11.0 Å². The quantitative estimate of drug-likeness (QED) is 0.847. The number of likely N-dealkylation sites (tertiary alicyclic amines) is 1.